The summed E-state index contributed by atoms with van der Waals surface area (Å²) in [6, 6.07) is 2.58. The maximum atomic E-state index is 10.7. The van der Waals surface area contributed by atoms with Crippen LogP contribution in [-0.4, -0.2) is 19.8 Å². The molecule has 1 rings (SSSR count). The standard InChI is InChI=1S/C7H5Cl2NO4S/c8-3-1-2-4(10-15(13)14)6(9)5(3)7(11)12/h1-2,10H,(H,11,12)(H,13,14). The van der Waals surface area contributed by atoms with Gasteiger partial charge in [0.15, 0.2) is 0 Å². The third-order valence-corrected chi connectivity index (χ3v) is 2.60. The van der Waals surface area contributed by atoms with Gasteiger partial charge in [-0.1, -0.05) is 23.2 Å². The molecular weight excluding hydrogens is 265 g/mol. The van der Waals surface area contributed by atoms with Crippen molar-refractivity contribution in [2.75, 3.05) is 4.72 Å². The predicted molar refractivity (Wildman–Crippen MR) is 57.8 cm³/mol. The summed E-state index contributed by atoms with van der Waals surface area (Å²) < 4.78 is 21.1. The van der Waals surface area contributed by atoms with Crippen LogP contribution in [0.2, 0.25) is 10.0 Å². The number of benzene rings is 1. The van der Waals surface area contributed by atoms with Crippen LogP contribution in [0.25, 0.3) is 0 Å². The molecule has 1 unspecified atom stereocenters. The van der Waals surface area contributed by atoms with Crippen LogP contribution in [0.4, 0.5) is 5.69 Å². The average Bonchev–Trinajstić information content (AvgIpc) is 2.09. The highest BCUT2D eigenvalue weighted by molar-refractivity contribution is 7.80. The van der Waals surface area contributed by atoms with E-state index in [1.54, 1.807) is 0 Å². The van der Waals surface area contributed by atoms with Crippen LogP contribution < -0.4 is 4.72 Å². The van der Waals surface area contributed by atoms with Crippen molar-refractivity contribution in [3.63, 3.8) is 0 Å². The van der Waals surface area contributed by atoms with Crippen LogP contribution in [0.5, 0.6) is 0 Å². The normalized spacial score (nSPS) is 12.2. The lowest BCUT2D eigenvalue weighted by molar-refractivity contribution is 0.0697. The summed E-state index contributed by atoms with van der Waals surface area (Å²) in [5.41, 5.74) is -0.284. The summed E-state index contributed by atoms with van der Waals surface area (Å²) in [5, 5.41) is 8.52. The van der Waals surface area contributed by atoms with Gasteiger partial charge in [0.2, 0.25) is 0 Å². The SMILES string of the molecule is O=C(O)c1c(Cl)ccc(NS(=O)O)c1Cl. The molecule has 0 fully saturated rings. The summed E-state index contributed by atoms with van der Waals surface area (Å²) in [6.45, 7) is 0. The number of carbonyl (C=O) groups is 1. The lowest BCUT2D eigenvalue weighted by Gasteiger charge is -2.07. The Morgan fingerprint density at radius 2 is 2.00 bits per heavy atom. The van der Waals surface area contributed by atoms with E-state index in [9.17, 15) is 9.00 Å². The fourth-order valence-electron chi connectivity index (χ4n) is 0.921. The number of carboxylic acids is 1. The number of carboxylic acid groups (broad SMARTS) is 1. The molecule has 0 saturated heterocycles. The molecule has 0 aliphatic carbocycles. The molecule has 1 atom stereocenters. The van der Waals surface area contributed by atoms with Gasteiger partial charge in [0.25, 0.3) is 11.3 Å². The lowest BCUT2D eigenvalue weighted by Crippen LogP contribution is -2.06. The summed E-state index contributed by atoms with van der Waals surface area (Å²) in [6.07, 6.45) is 0. The zero-order valence-corrected chi connectivity index (χ0v) is 9.36. The van der Waals surface area contributed by atoms with Crippen molar-refractivity contribution >= 4 is 46.1 Å². The Kier molecular flexibility index (Phi) is 3.92. The smallest absolute Gasteiger partial charge is 0.338 e. The molecule has 0 heterocycles. The number of anilines is 1. The molecule has 1 aromatic carbocycles. The Bertz CT molecular complexity index is 437. The van der Waals surface area contributed by atoms with Gasteiger partial charge < -0.3 is 5.11 Å². The van der Waals surface area contributed by atoms with Gasteiger partial charge in [0.05, 0.1) is 21.3 Å². The molecule has 0 amide bonds. The first-order chi connectivity index (χ1) is 6.93. The first-order valence-corrected chi connectivity index (χ1v) is 5.38. The zero-order valence-electron chi connectivity index (χ0n) is 7.03. The monoisotopic (exact) mass is 269 g/mol. The molecule has 3 N–H and O–H groups in total. The molecule has 5 nitrogen and oxygen atoms in total. The number of nitrogens with one attached hydrogen (secondary N) is 1. The van der Waals surface area contributed by atoms with E-state index in [4.69, 9.17) is 32.9 Å². The molecule has 0 radical (unpaired) electrons. The van der Waals surface area contributed by atoms with Gasteiger partial charge in [-0.3, -0.25) is 9.27 Å². The molecule has 82 valence electrons. The number of hydrogen-bond acceptors (Lipinski definition) is 2. The molecule has 0 spiro atoms. The Hall–Kier alpha value is -0.820. The van der Waals surface area contributed by atoms with Crippen molar-refractivity contribution in [2.24, 2.45) is 0 Å². The number of halogens is 2. The predicted octanol–water partition coefficient (Wildman–Crippen LogP) is 2.24. The largest absolute Gasteiger partial charge is 0.478 e. The van der Waals surface area contributed by atoms with Gasteiger partial charge in [-0.2, -0.15) is 0 Å². The minimum atomic E-state index is -2.33. The number of aromatic carboxylic acids is 1. The van der Waals surface area contributed by atoms with Crippen LogP contribution in [0.1, 0.15) is 10.4 Å². The second kappa shape index (κ2) is 4.80. The van der Waals surface area contributed by atoms with Gasteiger partial charge in [-0.15, -0.1) is 0 Å². The fraction of sp³-hybridized carbons (Fsp3) is 0. The molecule has 8 heteroatoms. The second-order valence-electron chi connectivity index (χ2n) is 2.44. The minimum Gasteiger partial charge on any atom is -0.478 e. The van der Waals surface area contributed by atoms with Gasteiger partial charge in [0.1, 0.15) is 0 Å². The molecule has 0 aliphatic heterocycles. The van der Waals surface area contributed by atoms with Crippen LogP contribution in [0.3, 0.4) is 0 Å². The van der Waals surface area contributed by atoms with Gasteiger partial charge in [-0.05, 0) is 12.1 Å². The highest BCUT2D eigenvalue weighted by atomic mass is 35.5. The quantitative estimate of drug-likeness (QED) is 0.735. The van der Waals surface area contributed by atoms with Gasteiger partial charge in [0, 0.05) is 0 Å². The Balaban J connectivity index is 3.28. The molecule has 15 heavy (non-hydrogen) atoms. The maximum absolute atomic E-state index is 10.7. The first-order valence-electron chi connectivity index (χ1n) is 3.52. The second-order valence-corrected chi connectivity index (χ2v) is 3.93. The van der Waals surface area contributed by atoms with Crippen LogP contribution in [-0.2, 0) is 11.3 Å². The third kappa shape index (κ3) is 2.82. The van der Waals surface area contributed by atoms with Crippen LogP contribution >= 0.6 is 23.2 Å². The van der Waals surface area contributed by atoms with Crippen LogP contribution in [0, 0.1) is 0 Å². The Labute approximate surface area is 97.4 Å². The van der Waals surface area contributed by atoms with E-state index < -0.39 is 17.2 Å². The van der Waals surface area contributed by atoms with E-state index in [2.05, 4.69) is 4.72 Å². The van der Waals surface area contributed by atoms with E-state index >= 15 is 0 Å². The number of rotatable bonds is 3. The topological polar surface area (TPSA) is 86.6 Å². The zero-order chi connectivity index (χ0) is 11.6. The van der Waals surface area contributed by atoms with Gasteiger partial charge in [-0.25, -0.2) is 9.00 Å². The molecule has 0 aliphatic rings. The number of hydrogen-bond donors (Lipinski definition) is 3. The lowest BCUT2D eigenvalue weighted by atomic mass is 10.2. The maximum Gasteiger partial charge on any atom is 0.338 e. The van der Waals surface area contributed by atoms with Crippen molar-refractivity contribution in [3.05, 3.63) is 27.7 Å². The van der Waals surface area contributed by atoms with Crippen LogP contribution in [0.15, 0.2) is 12.1 Å². The summed E-state index contributed by atoms with van der Waals surface area (Å²) in [5.74, 6) is -1.31. The highest BCUT2D eigenvalue weighted by Crippen LogP contribution is 2.31. The summed E-state index contributed by atoms with van der Waals surface area (Å²) in [4.78, 5) is 10.7. The van der Waals surface area contributed by atoms with E-state index in [0.717, 1.165) is 0 Å². The first kappa shape index (κ1) is 12.3. The van der Waals surface area contributed by atoms with E-state index in [-0.39, 0.29) is 21.3 Å². The van der Waals surface area contributed by atoms with Crippen molar-refractivity contribution in [1.82, 2.24) is 0 Å². The van der Waals surface area contributed by atoms with E-state index in [0.29, 0.717) is 0 Å². The Morgan fingerprint density at radius 1 is 1.40 bits per heavy atom. The summed E-state index contributed by atoms with van der Waals surface area (Å²) in [7, 11) is 0. The molecule has 0 aromatic heterocycles. The molecular formula is C7H5Cl2NO4S. The van der Waals surface area contributed by atoms with Gasteiger partial charge >= 0.3 is 5.97 Å². The third-order valence-electron chi connectivity index (χ3n) is 1.50. The van der Waals surface area contributed by atoms with E-state index in [1.807, 2.05) is 0 Å². The van der Waals surface area contributed by atoms with Crippen molar-refractivity contribution < 1.29 is 18.7 Å². The molecule has 0 bridgehead atoms. The molecule has 0 saturated carbocycles. The highest BCUT2D eigenvalue weighted by Gasteiger charge is 2.17. The summed E-state index contributed by atoms with van der Waals surface area (Å²) >= 11 is 8.96. The minimum absolute atomic E-state index is 0.0271. The van der Waals surface area contributed by atoms with Crippen molar-refractivity contribution in [3.8, 4) is 0 Å². The Morgan fingerprint density at radius 3 is 2.47 bits per heavy atom. The molecule has 1 aromatic rings. The average molecular weight is 270 g/mol. The van der Waals surface area contributed by atoms with E-state index in [1.165, 1.54) is 12.1 Å². The fourth-order valence-corrected chi connectivity index (χ4v) is 1.92. The van der Waals surface area contributed by atoms with Crippen molar-refractivity contribution in [2.45, 2.75) is 0 Å². The van der Waals surface area contributed by atoms with Crippen molar-refractivity contribution in [1.29, 1.82) is 0 Å².